The molecule has 3 fully saturated rings. The zero-order valence-electron chi connectivity index (χ0n) is 20.6. The summed E-state index contributed by atoms with van der Waals surface area (Å²) < 4.78 is 21.3. The first-order chi connectivity index (χ1) is 16.7. The first-order valence-electron chi connectivity index (χ1n) is 12.8. The Hall–Kier alpha value is -2.28. The molecule has 3 aliphatic rings. The highest BCUT2D eigenvalue weighted by Gasteiger charge is 2.59. The smallest absolute Gasteiger partial charge is 0.233 e. The summed E-state index contributed by atoms with van der Waals surface area (Å²) in [7, 11) is 1.74. The minimum Gasteiger partial charge on any atom is -0.396 e. The van der Waals surface area contributed by atoms with Gasteiger partial charge in [0.05, 0.1) is 22.7 Å². The molecule has 2 saturated heterocycles. The van der Waals surface area contributed by atoms with Crippen LogP contribution in [0.15, 0.2) is 54.6 Å². The lowest BCUT2D eigenvalue weighted by Gasteiger charge is -2.50. The average Bonchev–Trinajstić information content (AvgIpc) is 3.66. The molecule has 0 radical (unpaired) electrons. The average molecular weight is 482 g/mol. The third kappa shape index (κ3) is 4.20. The number of benzene rings is 2. The molecule has 2 N–H and O–H groups in total. The van der Waals surface area contributed by atoms with E-state index in [2.05, 4.69) is 12.1 Å². The molecule has 188 valence electrons. The zero-order valence-corrected chi connectivity index (χ0v) is 20.6. The molecule has 2 bridgehead atoms. The Bertz CT molecular complexity index is 1070. The van der Waals surface area contributed by atoms with Crippen molar-refractivity contribution in [1.82, 2.24) is 4.90 Å². The standard InChI is InChI=1S/C29H36FNO4/c1-27-18-21(20-8-4-3-5-9-20)19-28(35-27,16-17-32)13-12-24(25(27)33)31(2)26(34)29(14-15-29)22-10-6-7-11-23(22)30/h3-11,21,24-25,32-33H,12-19H2,1-2H3/t21-,24+,25-,27+,28-/m1/s1. The molecule has 1 saturated carbocycles. The molecule has 0 aromatic heterocycles. The molecule has 5 atom stereocenters. The molecule has 0 spiro atoms. The number of likely N-dealkylation sites (N-methyl/N-ethyl adjacent to an activating group) is 1. The maximum Gasteiger partial charge on any atom is 0.233 e. The van der Waals surface area contributed by atoms with Gasteiger partial charge < -0.3 is 19.8 Å². The second kappa shape index (κ2) is 8.99. The van der Waals surface area contributed by atoms with Crippen molar-refractivity contribution in [3.63, 3.8) is 0 Å². The van der Waals surface area contributed by atoms with E-state index < -0.39 is 28.8 Å². The number of hydrogen-bond donors (Lipinski definition) is 2. The number of carbonyl (C=O) groups is 1. The highest BCUT2D eigenvalue weighted by Crippen LogP contribution is 2.54. The van der Waals surface area contributed by atoms with E-state index in [0.29, 0.717) is 44.1 Å². The van der Waals surface area contributed by atoms with Gasteiger partial charge in [0.15, 0.2) is 0 Å². The molecule has 2 heterocycles. The van der Waals surface area contributed by atoms with Crippen LogP contribution in [0.4, 0.5) is 4.39 Å². The molecule has 2 aromatic rings. The van der Waals surface area contributed by atoms with E-state index in [1.807, 2.05) is 25.1 Å². The largest absolute Gasteiger partial charge is 0.396 e. The van der Waals surface area contributed by atoms with Crippen molar-refractivity contribution < 1.29 is 24.1 Å². The van der Waals surface area contributed by atoms with E-state index >= 15 is 0 Å². The summed E-state index contributed by atoms with van der Waals surface area (Å²) >= 11 is 0. The molecule has 6 heteroatoms. The number of aliphatic hydroxyl groups excluding tert-OH is 2. The van der Waals surface area contributed by atoms with Crippen LogP contribution in [0.2, 0.25) is 0 Å². The highest BCUT2D eigenvalue weighted by atomic mass is 19.1. The SMILES string of the molecule is CN(C(=O)C1(c2ccccc2F)CC1)[C@H]1CC[C@@]2(CCO)C[C@H](c3ccccc3)C[C@](C)(O2)[C@@H]1O. The van der Waals surface area contributed by atoms with Crippen molar-refractivity contribution in [2.24, 2.45) is 0 Å². The van der Waals surface area contributed by atoms with Gasteiger partial charge in [-0.15, -0.1) is 0 Å². The van der Waals surface area contributed by atoms with Crippen LogP contribution in [-0.2, 0) is 14.9 Å². The third-order valence-electron chi connectivity index (χ3n) is 8.81. The molecule has 5 nitrogen and oxygen atoms in total. The van der Waals surface area contributed by atoms with Gasteiger partial charge in [-0.2, -0.15) is 0 Å². The second-order valence-electron chi connectivity index (χ2n) is 11.1. The van der Waals surface area contributed by atoms with Crippen molar-refractivity contribution in [2.75, 3.05) is 13.7 Å². The number of rotatable bonds is 6. The van der Waals surface area contributed by atoms with E-state index in [1.165, 1.54) is 11.6 Å². The van der Waals surface area contributed by atoms with Gasteiger partial charge in [-0.3, -0.25) is 4.79 Å². The van der Waals surface area contributed by atoms with Crippen LogP contribution in [0.3, 0.4) is 0 Å². The van der Waals surface area contributed by atoms with Crippen LogP contribution < -0.4 is 0 Å². The molecular weight excluding hydrogens is 445 g/mol. The van der Waals surface area contributed by atoms with Crippen molar-refractivity contribution in [3.8, 4) is 0 Å². The Labute approximate surface area is 206 Å². The quantitative estimate of drug-likeness (QED) is 0.645. The topological polar surface area (TPSA) is 70.0 Å². The van der Waals surface area contributed by atoms with Crippen LogP contribution in [-0.4, -0.2) is 58.0 Å². The van der Waals surface area contributed by atoms with Gasteiger partial charge in [-0.05, 0) is 69.4 Å². The van der Waals surface area contributed by atoms with Crippen molar-refractivity contribution in [1.29, 1.82) is 0 Å². The summed E-state index contributed by atoms with van der Waals surface area (Å²) in [6.45, 7) is 1.95. The lowest BCUT2D eigenvalue weighted by molar-refractivity contribution is -0.226. The third-order valence-corrected chi connectivity index (χ3v) is 8.81. The fourth-order valence-electron chi connectivity index (χ4n) is 6.81. The number of fused-ring (bicyclic) bond motifs is 2. The minimum atomic E-state index is -0.903. The highest BCUT2D eigenvalue weighted by molar-refractivity contribution is 5.91. The van der Waals surface area contributed by atoms with Gasteiger partial charge in [0.2, 0.25) is 5.91 Å². The Morgan fingerprint density at radius 3 is 2.43 bits per heavy atom. The summed E-state index contributed by atoms with van der Waals surface area (Å²) in [6.07, 6.45) is 3.40. The number of ether oxygens (including phenoxy) is 1. The normalized spacial score (nSPS) is 33.6. The van der Waals surface area contributed by atoms with Gasteiger partial charge in [0, 0.05) is 19.2 Å². The summed E-state index contributed by atoms with van der Waals surface area (Å²) in [5.74, 6) is -0.307. The van der Waals surface area contributed by atoms with Gasteiger partial charge >= 0.3 is 0 Å². The summed E-state index contributed by atoms with van der Waals surface area (Å²) in [5.41, 5.74) is -0.639. The molecule has 0 unspecified atom stereocenters. The predicted octanol–water partition coefficient (Wildman–Crippen LogP) is 4.31. The first kappa shape index (κ1) is 24.4. The van der Waals surface area contributed by atoms with Gasteiger partial charge in [-0.1, -0.05) is 48.5 Å². The fourth-order valence-corrected chi connectivity index (χ4v) is 6.81. The fraction of sp³-hybridized carbons (Fsp3) is 0.552. The van der Waals surface area contributed by atoms with Gasteiger partial charge in [0.1, 0.15) is 11.9 Å². The van der Waals surface area contributed by atoms with E-state index in [9.17, 15) is 19.4 Å². The van der Waals surface area contributed by atoms with Crippen LogP contribution in [0.1, 0.15) is 68.9 Å². The number of halogens is 1. The number of amides is 1. The number of nitrogens with zero attached hydrogens (tertiary/aromatic N) is 1. The first-order valence-corrected chi connectivity index (χ1v) is 12.8. The second-order valence-corrected chi connectivity index (χ2v) is 11.1. The van der Waals surface area contributed by atoms with Gasteiger partial charge in [0.25, 0.3) is 0 Å². The van der Waals surface area contributed by atoms with Crippen molar-refractivity contribution in [3.05, 3.63) is 71.5 Å². The van der Waals surface area contributed by atoms with E-state index in [1.54, 1.807) is 30.1 Å². The molecule has 2 aromatic carbocycles. The Morgan fingerprint density at radius 2 is 1.77 bits per heavy atom. The van der Waals surface area contributed by atoms with Crippen LogP contribution in [0.25, 0.3) is 0 Å². The maximum absolute atomic E-state index is 14.6. The lowest BCUT2D eigenvalue weighted by Crippen LogP contribution is -2.59. The van der Waals surface area contributed by atoms with Crippen LogP contribution in [0.5, 0.6) is 0 Å². The van der Waals surface area contributed by atoms with Gasteiger partial charge in [-0.25, -0.2) is 4.39 Å². The molecule has 5 rings (SSSR count). The Kier molecular flexibility index (Phi) is 6.27. The molecular formula is C29H36FNO4. The summed E-state index contributed by atoms with van der Waals surface area (Å²) in [4.78, 5) is 15.4. The molecule has 1 amide bonds. The minimum absolute atomic E-state index is 0.00349. The monoisotopic (exact) mass is 481 g/mol. The number of carbonyl (C=O) groups excluding carboxylic acids is 1. The van der Waals surface area contributed by atoms with E-state index in [-0.39, 0.29) is 24.2 Å². The van der Waals surface area contributed by atoms with E-state index in [0.717, 1.165) is 6.42 Å². The molecule has 35 heavy (non-hydrogen) atoms. The predicted molar refractivity (Wildman–Crippen MR) is 131 cm³/mol. The summed E-state index contributed by atoms with van der Waals surface area (Å²) in [6, 6.07) is 16.3. The van der Waals surface area contributed by atoms with Crippen LogP contribution >= 0.6 is 0 Å². The molecule has 1 aliphatic carbocycles. The lowest BCUT2D eigenvalue weighted by atomic mass is 9.73. The van der Waals surface area contributed by atoms with Crippen LogP contribution in [0, 0.1) is 5.82 Å². The maximum atomic E-state index is 14.6. The van der Waals surface area contributed by atoms with Crippen molar-refractivity contribution in [2.45, 2.75) is 86.6 Å². The Morgan fingerprint density at radius 1 is 1.09 bits per heavy atom. The zero-order chi connectivity index (χ0) is 24.8. The number of aliphatic hydroxyl groups is 2. The molecule has 2 aliphatic heterocycles. The van der Waals surface area contributed by atoms with E-state index in [4.69, 9.17) is 4.74 Å². The number of hydrogen-bond acceptors (Lipinski definition) is 4. The van der Waals surface area contributed by atoms with Crippen molar-refractivity contribution >= 4 is 5.91 Å². The Balaban J connectivity index is 1.45. The summed E-state index contributed by atoms with van der Waals surface area (Å²) in [5, 5.41) is 21.7.